The minimum atomic E-state index is -0.933. The Hall–Kier alpha value is -3.06. The number of rotatable bonds is 5. The standard InChI is InChI=1S/C18H18O7/c1-9(19)6-10-7-11(18(24)25-2)15(14(22)8-10)17(23)16-12(20)4-3-5-13(16)21/h3-5,7-9,19-22H,6H2,1-2H3/t9-/m1/s1. The minimum absolute atomic E-state index is 0.147. The molecule has 0 saturated carbocycles. The summed E-state index contributed by atoms with van der Waals surface area (Å²) in [6.45, 7) is 1.54. The van der Waals surface area contributed by atoms with Gasteiger partial charge in [0, 0.05) is 0 Å². The Morgan fingerprint density at radius 3 is 2.16 bits per heavy atom. The van der Waals surface area contributed by atoms with E-state index in [0.717, 1.165) is 7.11 Å². The molecule has 2 aromatic rings. The number of methoxy groups -OCH3 is 1. The number of carbonyl (C=O) groups is 2. The number of phenolic OH excluding ortho intramolecular Hbond substituents is 3. The van der Waals surface area contributed by atoms with E-state index in [9.17, 15) is 30.0 Å². The second-order valence-electron chi connectivity index (χ2n) is 5.58. The number of aromatic hydroxyl groups is 3. The minimum Gasteiger partial charge on any atom is -0.507 e. The van der Waals surface area contributed by atoms with Crippen molar-refractivity contribution >= 4 is 11.8 Å². The predicted octanol–water partition coefficient (Wildman–Crippen LogP) is 1.74. The van der Waals surface area contributed by atoms with Gasteiger partial charge in [0.05, 0.1) is 24.3 Å². The maximum absolute atomic E-state index is 12.7. The van der Waals surface area contributed by atoms with Gasteiger partial charge in [-0.3, -0.25) is 4.79 Å². The molecule has 2 rings (SSSR count). The third-order valence-electron chi connectivity index (χ3n) is 3.59. The molecule has 0 bridgehead atoms. The summed E-state index contributed by atoms with van der Waals surface area (Å²) in [5.41, 5.74) is -0.652. The highest BCUT2D eigenvalue weighted by molar-refractivity contribution is 6.18. The second kappa shape index (κ2) is 7.23. The zero-order valence-electron chi connectivity index (χ0n) is 13.7. The zero-order valence-corrected chi connectivity index (χ0v) is 13.7. The third kappa shape index (κ3) is 3.72. The second-order valence-corrected chi connectivity index (χ2v) is 5.58. The van der Waals surface area contributed by atoms with Crippen molar-refractivity contribution in [2.24, 2.45) is 0 Å². The van der Waals surface area contributed by atoms with Gasteiger partial charge in [-0.1, -0.05) is 6.07 Å². The van der Waals surface area contributed by atoms with E-state index in [-0.39, 0.29) is 12.0 Å². The largest absolute Gasteiger partial charge is 0.507 e. The summed E-state index contributed by atoms with van der Waals surface area (Å²) in [5, 5.41) is 39.5. The Morgan fingerprint density at radius 2 is 1.64 bits per heavy atom. The molecule has 0 aliphatic heterocycles. The van der Waals surface area contributed by atoms with Gasteiger partial charge >= 0.3 is 5.97 Å². The SMILES string of the molecule is COC(=O)c1cc(C[C@@H](C)O)cc(O)c1C(=O)c1c(O)cccc1O. The van der Waals surface area contributed by atoms with Gasteiger partial charge in [0.2, 0.25) is 5.78 Å². The Bertz CT molecular complexity index is 804. The van der Waals surface area contributed by atoms with Crippen molar-refractivity contribution in [1.29, 1.82) is 0 Å². The first-order valence-corrected chi connectivity index (χ1v) is 7.44. The van der Waals surface area contributed by atoms with E-state index in [1.807, 2.05) is 0 Å². The highest BCUT2D eigenvalue weighted by Gasteiger charge is 2.27. The highest BCUT2D eigenvalue weighted by atomic mass is 16.5. The molecule has 1 atom stereocenters. The van der Waals surface area contributed by atoms with Crippen LogP contribution in [-0.2, 0) is 11.2 Å². The fourth-order valence-corrected chi connectivity index (χ4v) is 2.54. The molecule has 7 heteroatoms. The molecule has 0 unspecified atom stereocenters. The first-order valence-electron chi connectivity index (χ1n) is 7.44. The smallest absolute Gasteiger partial charge is 0.338 e. The van der Waals surface area contributed by atoms with Crippen LogP contribution in [0.15, 0.2) is 30.3 Å². The van der Waals surface area contributed by atoms with E-state index < -0.39 is 46.2 Å². The molecule has 0 aliphatic carbocycles. The van der Waals surface area contributed by atoms with Crippen LogP contribution in [0.25, 0.3) is 0 Å². The van der Waals surface area contributed by atoms with Crippen molar-refractivity contribution < 1.29 is 34.8 Å². The molecule has 0 aromatic heterocycles. The van der Waals surface area contributed by atoms with E-state index in [1.165, 1.54) is 37.3 Å². The van der Waals surface area contributed by atoms with Gasteiger partial charge in [0.1, 0.15) is 22.8 Å². The van der Waals surface area contributed by atoms with Crippen molar-refractivity contribution in [2.75, 3.05) is 7.11 Å². The zero-order chi connectivity index (χ0) is 18.7. The van der Waals surface area contributed by atoms with Crippen LogP contribution in [0.4, 0.5) is 0 Å². The van der Waals surface area contributed by atoms with Crippen molar-refractivity contribution in [1.82, 2.24) is 0 Å². The van der Waals surface area contributed by atoms with Crippen molar-refractivity contribution in [3.8, 4) is 17.2 Å². The number of phenols is 3. The molecule has 0 aliphatic rings. The molecule has 2 aromatic carbocycles. The number of carbonyl (C=O) groups excluding carboxylic acids is 2. The summed E-state index contributed by atoms with van der Waals surface area (Å²) in [6, 6.07) is 6.30. The van der Waals surface area contributed by atoms with E-state index in [2.05, 4.69) is 4.74 Å². The lowest BCUT2D eigenvalue weighted by molar-refractivity contribution is 0.0596. The molecule has 132 valence electrons. The van der Waals surface area contributed by atoms with Crippen molar-refractivity contribution in [2.45, 2.75) is 19.4 Å². The van der Waals surface area contributed by atoms with Gasteiger partial charge in [-0.05, 0) is 43.2 Å². The van der Waals surface area contributed by atoms with Crippen LogP contribution in [0, 0.1) is 0 Å². The van der Waals surface area contributed by atoms with Crippen molar-refractivity contribution in [3.05, 3.63) is 52.6 Å². The van der Waals surface area contributed by atoms with Crippen LogP contribution in [0.1, 0.15) is 38.8 Å². The van der Waals surface area contributed by atoms with Crippen LogP contribution < -0.4 is 0 Å². The quantitative estimate of drug-likeness (QED) is 0.480. The van der Waals surface area contributed by atoms with Crippen LogP contribution in [-0.4, -0.2) is 45.4 Å². The average Bonchev–Trinajstić information content (AvgIpc) is 2.52. The summed E-state index contributed by atoms with van der Waals surface area (Å²) in [6.07, 6.45) is -0.581. The lowest BCUT2D eigenvalue weighted by atomic mass is 9.93. The van der Waals surface area contributed by atoms with E-state index in [4.69, 9.17) is 0 Å². The first-order chi connectivity index (χ1) is 11.8. The monoisotopic (exact) mass is 346 g/mol. The van der Waals surface area contributed by atoms with Crippen LogP contribution in [0.5, 0.6) is 17.2 Å². The number of esters is 1. The van der Waals surface area contributed by atoms with Crippen LogP contribution in [0.3, 0.4) is 0 Å². The molecule has 7 nitrogen and oxygen atoms in total. The number of ether oxygens (including phenoxy) is 1. The number of aliphatic hydroxyl groups is 1. The molecule has 0 spiro atoms. The van der Waals surface area contributed by atoms with Crippen LogP contribution in [0.2, 0.25) is 0 Å². The van der Waals surface area contributed by atoms with Gasteiger partial charge in [-0.25, -0.2) is 4.79 Å². The Balaban J connectivity index is 2.67. The predicted molar refractivity (Wildman–Crippen MR) is 88.0 cm³/mol. The fraction of sp³-hybridized carbons (Fsp3) is 0.222. The fourth-order valence-electron chi connectivity index (χ4n) is 2.54. The molecule has 0 heterocycles. The maximum atomic E-state index is 12.7. The van der Waals surface area contributed by atoms with Crippen molar-refractivity contribution in [3.63, 3.8) is 0 Å². The van der Waals surface area contributed by atoms with E-state index in [0.29, 0.717) is 5.56 Å². The van der Waals surface area contributed by atoms with Crippen LogP contribution >= 0.6 is 0 Å². The van der Waals surface area contributed by atoms with E-state index in [1.54, 1.807) is 0 Å². The molecule has 0 saturated heterocycles. The summed E-state index contributed by atoms with van der Waals surface area (Å²) in [5.74, 6) is -3.31. The molecular formula is C18H18O7. The molecule has 0 amide bonds. The number of hydrogen-bond acceptors (Lipinski definition) is 7. The Kier molecular flexibility index (Phi) is 5.29. The van der Waals surface area contributed by atoms with Gasteiger partial charge < -0.3 is 25.2 Å². The third-order valence-corrected chi connectivity index (χ3v) is 3.59. The van der Waals surface area contributed by atoms with Gasteiger partial charge in [-0.15, -0.1) is 0 Å². The maximum Gasteiger partial charge on any atom is 0.338 e. The number of aliphatic hydroxyl groups excluding tert-OH is 1. The van der Waals surface area contributed by atoms with Gasteiger partial charge in [-0.2, -0.15) is 0 Å². The summed E-state index contributed by atoms with van der Waals surface area (Å²) in [7, 11) is 1.12. The first kappa shape index (κ1) is 18.3. The lowest BCUT2D eigenvalue weighted by Gasteiger charge is -2.14. The Morgan fingerprint density at radius 1 is 1.04 bits per heavy atom. The molecular weight excluding hydrogens is 328 g/mol. The normalized spacial score (nSPS) is 11.8. The number of benzene rings is 2. The number of hydrogen-bond donors (Lipinski definition) is 4. The van der Waals surface area contributed by atoms with Gasteiger partial charge in [0.25, 0.3) is 0 Å². The molecule has 0 radical (unpaired) electrons. The molecule has 0 fully saturated rings. The summed E-state index contributed by atoms with van der Waals surface area (Å²) in [4.78, 5) is 24.8. The average molecular weight is 346 g/mol. The number of ketones is 1. The Labute approximate surface area is 143 Å². The highest BCUT2D eigenvalue weighted by Crippen LogP contribution is 2.34. The van der Waals surface area contributed by atoms with E-state index >= 15 is 0 Å². The molecule has 4 N–H and O–H groups in total. The lowest BCUT2D eigenvalue weighted by Crippen LogP contribution is -2.14. The summed E-state index contributed by atoms with van der Waals surface area (Å²) < 4.78 is 4.65. The topological polar surface area (TPSA) is 124 Å². The van der Waals surface area contributed by atoms with Gasteiger partial charge in [0.15, 0.2) is 0 Å². The summed E-state index contributed by atoms with van der Waals surface area (Å²) >= 11 is 0. The molecule has 25 heavy (non-hydrogen) atoms.